The number of thioether (sulfide) groups is 2. The van der Waals surface area contributed by atoms with Crippen molar-refractivity contribution in [3.63, 3.8) is 0 Å². The molecule has 0 radical (unpaired) electrons. The van der Waals surface area contributed by atoms with Crippen LogP contribution in [0.3, 0.4) is 0 Å². The highest BCUT2D eigenvalue weighted by Gasteiger charge is 1.90. The third-order valence-electron chi connectivity index (χ3n) is 1.45. The summed E-state index contributed by atoms with van der Waals surface area (Å²) in [6.07, 6.45) is 2.55. The molecule has 0 bridgehead atoms. The van der Waals surface area contributed by atoms with Gasteiger partial charge in [0.05, 0.1) is 0 Å². The molecule has 0 amide bonds. The maximum absolute atomic E-state index is 3.88. The summed E-state index contributed by atoms with van der Waals surface area (Å²) in [7, 11) is 0. The van der Waals surface area contributed by atoms with E-state index in [1.54, 1.807) is 0 Å². The Kier molecular flexibility index (Phi) is 9.88. The van der Waals surface area contributed by atoms with Crippen LogP contribution in [0, 0.1) is 0 Å². The molecule has 0 aliphatic heterocycles. The van der Waals surface area contributed by atoms with Gasteiger partial charge in [0.15, 0.2) is 0 Å². The fourth-order valence-corrected chi connectivity index (χ4v) is 2.62. The highest BCUT2D eigenvalue weighted by Crippen LogP contribution is 2.10. The number of hydrogen-bond acceptors (Lipinski definition) is 2. The van der Waals surface area contributed by atoms with E-state index in [1.165, 1.54) is 41.4 Å². The largest absolute Gasteiger partial charge is 0.162 e. The van der Waals surface area contributed by atoms with Gasteiger partial charge in [0.1, 0.15) is 0 Å². The summed E-state index contributed by atoms with van der Waals surface area (Å²) in [5, 5.41) is 0. The van der Waals surface area contributed by atoms with Crippen molar-refractivity contribution < 1.29 is 0 Å². The van der Waals surface area contributed by atoms with Crippen LogP contribution in [-0.4, -0.2) is 23.0 Å². The predicted octanol–water partition coefficient (Wildman–Crippen LogP) is 3.83. The summed E-state index contributed by atoms with van der Waals surface area (Å²) >= 11 is 4.10. The minimum Gasteiger partial charge on any atom is -0.162 e. The van der Waals surface area contributed by atoms with Crippen LogP contribution in [0.25, 0.3) is 0 Å². The van der Waals surface area contributed by atoms with Crippen LogP contribution in [0.4, 0.5) is 0 Å². The summed E-state index contributed by atoms with van der Waals surface area (Å²) in [5.74, 6) is 5.17. The second kappa shape index (κ2) is 9.53. The Labute approximate surface area is 85.6 Å². The summed E-state index contributed by atoms with van der Waals surface area (Å²) < 4.78 is 0. The van der Waals surface area contributed by atoms with E-state index in [4.69, 9.17) is 0 Å². The zero-order valence-electron chi connectivity index (χ0n) is 8.27. The van der Waals surface area contributed by atoms with Gasteiger partial charge in [0, 0.05) is 0 Å². The van der Waals surface area contributed by atoms with Gasteiger partial charge in [-0.25, -0.2) is 0 Å². The lowest BCUT2D eigenvalue weighted by atomic mass is 10.3. The highest BCUT2D eigenvalue weighted by atomic mass is 32.2. The second-order valence-electron chi connectivity index (χ2n) is 2.87. The summed E-state index contributed by atoms with van der Waals surface area (Å²) in [6, 6.07) is 0. The summed E-state index contributed by atoms with van der Waals surface area (Å²) in [4.78, 5) is 0. The van der Waals surface area contributed by atoms with E-state index in [0.29, 0.717) is 0 Å². The van der Waals surface area contributed by atoms with Gasteiger partial charge in [0.25, 0.3) is 0 Å². The van der Waals surface area contributed by atoms with Crippen LogP contribution in [0.1, 0.15) is 26.7 Å². The van der Waals surface area contributed by atoms with E-state index < -0.39 is 0 Å². The molecule has 0 nitrogen and oxygen atoms in total. The monoisotopic (exact) mass is 204 g/mol. The van der Waals surface area contributed by atoms with Crippen LogP contribution in [0.15, 0.2) is 12.2 Å². The minimum atomic E-state index is 1.19. The van der Waals surface area contributed by atoms with Crippen molar-refractivity contribution in [2.75, 3.05) is 23.0 Å². The zero-order valence-corrected chi connectivity index (χ0v) is 9.90. The van der Waals surface area contributed by atoms with Gasteiger partial charge >= 0.3 is 0 Å². The molecular weight excluding hydrogens is 184 g/mol. The average Bonchev–Trinajstić information content (AvgIpc) is 2.02. The second-order valence-corrected chi connectivity index (χ2v) is 5.49. The topological polar surface area (TPSA) is 0 Å². The van der Waals surface area contributed by atoms with Gasteiger partial charge in [-0.15, -0.1) is 6.58 Å². The molecular formula is C10H20S2. The lowest BCUT2D eigenvalue weighted by Gasteiger charge is -2.00. The Morgan fingerprint density at radius 3 is 2.42 bits per heavy atom. The van der Waals surface area contributed by atoms with Crippen LogP contribution >= 0.6 is 23.5 Å². The zero-order chi connectivity index (χ0) is 9.23. The van der Waals surface area contributed by atoms with E-state index in [1.807, 2.05) is 11.8 Å². The Hall–Kier alpha value is 0.440. The van der Waals surface area contributed by atoms with Gasteiger partial charge in [0.2, 0.25) is 0 Å². The molecule has 0 aliphatic rings. The van der Waals surface area contributed by atoms with Crippen molar-refractivity contribution in [3.05, 3.63) is 12.2 Å². The molecule has 72 valence electrons. The third-order valence-corrected chi connectivity index (χ3v) is 3.51. The molecule has 0 aromatic carbocycles. The highest BCUT2D eigenvalue weighted by molar-refractivity contribution is 8.00. The first kappa shape index (κ1) is 12.4. The van der Waals surface area contributed by atoms with E-state index >= 15 is 0 Å². The molecule has 12 heavy (non-hydrogen) atoms. The number of allylic oxidation sites excluding steroid dienone is 1. The lowest BCUT2D eigenvalue weighted by molar-refractivity contribution is 1.09. The summed E-state index contributed by atoms with van der Waals surface area (Å²) in [5.41, 5.74) is 1.31. The summed E-state index contributed by atoms with van der Waals surface area (Å²) in [6.45, 7) is 8.21. The molecule has 0 aliphatic carbocycles. The maximum Gasteiger partial charge on any atom is -0.00304 e. The molecule has 0 saturated heterocycles. The van der Waals surface area contributed by atoms with E-state index in [0.717, 1.165) is 0 Å². The normalized spacial score (nSPS) is 10.2. The van der Waals surface area contributed by atoms with Gasteiger partial charge in [-0.2, -0.15) is 23.5 Å². The van der Waals surface area contributed by atoms with E-state index in [2.05, 4.69) is 32.2 Å². The SMILES string of the molecule is C=C(C)CCSCCCSCC. The molecule has 0 heterocycles. The molecule has 0 atom stereocenters. The molecule has 0 unspecified atom stereocenters. The van der Waals surface area contributed by atoms with E-state index in [-0.39, 0.29) is 0 Å². The minimum absolute atomic E-state index is 1.19. The number of rotatable bonds is 8. The molecule has 0 aromatic heterocycles. The molecule has 0 N–H and O–H groups in total. The van der Waals surface area contributed by atoms with Crippen LogP contribution in [-0.2, 0) is 0 Å². The molecule has 0 saturated carbocycles. The van der Waals surface area contributed by atoms with Crippen LogP contribution in [0.2, 0.25) is 0 Å². The van der Waals surface area contributed by atoms with E-state index in [9.17, 15) is 0 Å². The van der Waals surface area contributed by atoms with Crippen molar-refractivity contribution in [1.82, 2.24) is 0 Å². The smallest absolute Gasteiger partial charge is 0.00304 e. The maximum atomic E-state index is 3.88. The Balaban J connectivity index is 2.86. The van der Waals surface area contributed by atoms with Gasteiger partial charge < -0.3 is 0 Å². The standard InChI is InChI=1S/C10H20S2/c1-4-11-7-5-8-12-9-6-10(2)3/h2,4-9H2,1,3H3. The van der Waals surface area contributed by atoms with Crippen LogP contribution in [0.5, 0.6) is 0 Å². The molecule has 0 fully saturated rings. The van der Waals surface area contributed by atoms with Crippen molar-refractivity contribution in [1.29, 1.82) is 0 Å². The fraction of sp³-hybridized carbons (Fsp3) is 0.800. The Bertz CT molecular complexity index is 110. The van der Waals surface area contributed by atoms with Crippen molar-refractivity contribution in [2.45, 2.75) is 26.7 Å². The number of hydrogen-bond donors (Lipinski definition) is 0. The predicted molar refractivity (Wildman–Crippen MR) is 64.4 cm³/mol. The first-order chi connectivity index (χ1) is 5.77. The van der Waals surface area contributed by atoms with Crippen molar-refractivity contribution in [3.8, 4) is 0 Å². The molecule has 0 spiro atoms. The quantitative estimate of drug-likeness (QED) is 0.435. The van der Waals surface area contributed by atoms with Gasteiger partial charge in [-0.05, 0) is 42.8 Å². The Morgan fingerprint density at radius 1 is 1.17 bits per heavy atom. The molecule has 0 rings (SSSR count). The lowest BCUT2D eigenvalue weighted by Crippen LogP contribution is -1.87. The van der Waals surface area contributed by atoms with Gasteiger partial charge in [-0.3, -0.25) is 0 Å². The fourth-order valence-electron chi connectivity index (χ4n) is 0.756. The van der Waals surface area contributed by atoms with Crippen molar-refractivity contribution in [2.24, 2.45) is 0 Å². The molecule has 2 heteroatoms. The van der Waals surface area contributed by atoms with Crippen molar-refractivity contribution >= 4 is 23.5 Å². The van der Waals surface area contributed by atoms with Gasteiger partial charge in [-0.1, -0.05) is 12.5 Å². The average molecular weight is 204 g/mol. The Morgan fingerprint density at radius 2 is 1.83 bits per heavy atom. The first-order valence-electron chi connectivity index (χ1n) is 4.57. The molecule has 0 aromatic rings. The first-order valence-corrected chi connectivity index (χ1v) is 6.88. The van der Waals surface area contributed by atoms with Crippen LogP contribution < -0.4 is 0 Å². The third kappa shape index (κ3) is 10.4.